The third kappa shape index (κ3) is 6.15. The molecule has 2 N–H and O–H groups in total. The van der Waals surface area contributed by atoms with Crippen LogP contribution in [0.15, 0.2) is 17.5 Å². The van der Waals surface area contributed by atoms with E-state index >= 15 is 0 Å². The number of Topliss-reactive ketones (excluding diaryl/α,β-unsaturated/α-hetero) is 1. The van der Waals surface area contributed by atoms with Crippen LogP contribution in [0.4, 0.5) is 0 Å². The molecule has 19 heavy (non-hydrogen) atoms. The first-order valence-corrected chi connectivity index (χ1v) is 7.01. The van der Waals surface area contributed by atoms with Crippen molar-refractivity contribution >= 4 is 28.9 Å². The molecule has 0 fully saturated rings. The molecule has 0 aromatic carbocycles. The fourth-order valence-corrected chi connectivity index (χ4v) is 2.11. The summed E-state index contributed by atoms with van der Waals surface area (Å²) in [4.78, 5) is 35.0. The quantitative estimate of drug-likeness (QED) is 0.618. The second-order valence-corrected chi connectivity index (χ2v) is 5.54. The van der Waals surface area contributed by atoms with Crippen molar-refractivity contribution in [3.63, 3.8) is 0 Å². The van der Waals surface area contributed by atoms with Gasteiger partial charge in [0.1, 0.15) is 0 Å². The van der Waals surface area contributed by atoms with E-state index in [9.17, 15) is 14.4 Å². The monoisotopic (exact) mass is 282 g/mol. The van der Waals surface area contributed by atoms with E-state index in [1.54, 1.807) is 12.1 Å². The van der Waals surface area contributed by atoms with Crippen LogP contribution >= 0.6 is 11.3 Å². The van der Waals surface area contributed by atoms with E-state index in [4.69, 9.17) is 0 Å². The van der Waals surface area contributed by atoms with Crippen molar-refractivity contribution in [2.75, 3.05) is 0 Å². The molecule has 0 aliphatic carbocycles. The van der Waals surface area contributed by atoms with Crippen LogP contribution in [0, 0.1) is 5.92 Å². The lowest BCUT2D eigenvalue weighted by Gasteiger charge is -2.08. The van der Waals surface area contributed by atoms with E-state index in [0.29, 0.717) is 11.3 Å². The number of rotatable bonds is 6. The normalized spacial score (nSPS) is 10.3. The van der Waals surface area contributed by atoms with Crippen molar-refractivity contribution in [1.82, 2.24) is 10.9 Å². The molecule has 0 aliphatic heterocycles. The predicted octanol–water partition coefficient (Wildman–Crippen LogP) is 1.90. The van der Waals surface area contributed by atoms with Crippen molar-refractivity contribution in [2.24, 2.45) is 5.92 Å². The van der Waals surface area contributed by atoms with Crippen LogP contribution in [0.1, 0.15) is 42.8 Å². The number of amides is 2. The van der Waals surface area contributed by atoms with Gasteiger partial charge >= 0.3 is 0 Å². The average molecular weight is 282 g/mol. The number of thiophene rings is 1. The highest BCUT2D eigenvalue weighted by Crippen LogP contribution is 2.12. The topological polar surface area (TPSA) is 75.3 Å². The Morgan fingerprint density at radius 1 is 1.16 bits per heavy atom. The van der Waals surface area contributed by atoms with Crippen LogP contribution in [0.2, 0.25) is 0 Å². The smallest absolute Gasteiger partial charge is 0.238 e. The molecule has 1 aromatic rings. The standard InChI is InChI=1S/C13H18N2O3S/c1-9(2)8-13(18)15-14-12(17)6-5-10(16)11-4-3-7-19-11/h3-4,7,9H,5-6,8H2,1-2H3,(H,14,17)(H,15,18). The molecule has 0 radical (unpaired) electrons. The molecule has 0 aliphatic rings. The van der Waals surface area contributed by atoms with Crippen LogP contribution in [0.3, 0.4) is 0 Å². The number of hydrazine groups is 1. The number of ketones is 1. The molecule has 104 valence electrons. The fraction of sp³-hybridized carbons (Fsp3) is 0.462. The van der Waals surface area contributed by atoms with Crippen LogP contribution in [0.25, 0.3) is 0 Å². The van der Waals surface area contributed by atoms with Crippen molar-refractivity contribution in [1.29, 1.82) is 0 Å². The largest absolute Gasteiger partial charge is 0.293 e. The zero-order valence-electron chi connectivity index (χ0n) is 11.1. The zero-order chi connectivity index (χ0) is 14.3. The minimum Gasteiger partial charge on any atom is -0.293 e. The van der Waals surface area contributed by atoms with Crippen LogP contribution in [0.5, 0.6) is 0 Å². The zero-order valence-corrected chi connectivity index (χ0v) is 11.9. The molecular weight excluding hydrogens is 264 g/mol. The lowest BCUT2D eigenvalue weighted by atomic mass is 10.1. The molecule has 0 bridgehead atoms. The Balaban J connectivity index is 2.21. The van der Waals surface area contributed by atoms with Crippen LogP contribution in [-0.2, 0) is 9.59 Å². The van der Waals surface area contributed by atoms with E-state index in [0.717, 1.165) is 0 Å². The summed E-state index contributed by atoms with van der Waals surface area (Å²) >= 11 is 1.36. The lowest BCUT2D eigenvalue weighted by molar-refractivity contribution is -0.129. The Morgan fingerprint density at radius 2 is 1.84 bits per heavy atom. The van der Waals surface area contributed by atoms with E-state index in [1.807, 2.05) is 19.2 Å². The second-order valence-electron chi connectivity index (χ2n) is 4.59. The Bertz CT molecular complexity index is 441. The molecule has 0 atom stereocenters. The van der Waals surface area contributed by atoms with Crippen molar-refractivity contribution in [2.45, 2.75) is 33.1 Å². The maximum atomic E-state index is 11.6. The van der Waals surface area contributed by atoms with Gasteiger partial charge in [-0.05, 0) is 17.4 Å². The molecule has 2 amide bonds. The summed E-state index contributed by atoms with van der Waals surface area (Å²) in [6.45, 7) is 3.84. The SMILES string of the molecule is CC(C)CC(=O)NNC(=O)CCC(=O)c1cccs1. The molecule has 1 aromatic heterocycles. The third-order valence-electron chi connectivity index (χ3n) is 2.31. The predicted molar refractivity (Wildman–Crippen MR) is 73.6 cm³/mol. The summed E-state index contributed by atoms with van der Waals surface area (Å²) in [6.07, 6.45) is 0.569. The molecule has 6 heteroatoms. The van der Waals surface area contributed by atoms with Gasteiger partial charge in [0.2, 0.25) is 11.8 Å². The van der Waals surface area contributed by atoms with Gasteiger partial charge in [0.25, 0.3) is 0 Å². The summed E-state index contributed by atoms with van der Waals surface area (Å²) in [5, 5.41) is 1.82. The van der Waals surface area contributed by atoms with Gasteiger partial charge in [-0.2, -0.15) is 0 Å². The molecule has 0 unspecified atom stereocenters. The maximum absolute atomic E-state index is 11.6. The summed E-state index contributed by atoms with van der Waals surface area (Å²) in [5.74, 6) is -0.411. The molecular formula is C13H18N2O3S. The van der Waals surface area contributed by atoms with Crippen molar-refractivity contribution < 1.29 is 14.4 Å². The van der Waals surface area contributed by atoms with Gasteiger partial charge in [0.15, 0.2) is 5.78 Å². The number of carbonyl (C=O) groups is 3. The van der Waals surface area contributed by atoms with E-state index < -0.39 is 0 Å². The van der Waals surface area contributed by atoms with Gasteiger partial charge in [0, 0.05) is 19.3 Å². The van der Waals surface area contributed by atoms with Gasteiger partial charge in [-0.3, -0.25) is 25.2 Å². The molecule has 0 saturated carbocycles. The van der Waals surface area contributed by atoms with Crippen molar-refractivity contribution in [3.8, 4) is 0 Å². The Labute approximate surface area is 116 Å². The van der Waals surface area contributed by atoms with E-state index in [-0.39, 0.29) is 36.4 Å². The minimum absolute atomic E-state index is 0.0568. The Hall–Kier alpha value is -1.69. The number of nitrogens with one attached hydrogen (secondary N) is 2. The van der Waals surface area contributed by atoms with Crippen molar-refractivity contribution in [3.05, 3.63) is 22.4 Å². The minimum atomic E-state index is -0.359. The summed E-state index contributed by atoms with van der Waals surface area (Å²) in [6, 6.07) is 3.53. The highest BCUT2D eigenvalue weighted by Gasteiger charge is 2.11. The summed E-state index contributed by atoms with van der Waals surface area (Å²) < 4.78 is 0. The third-order valence-corrected chi connectivity index (χ3v) is 3.22. The average Bonchev–Trinajstić information content (AvgIpc) is 2.86. The van der Waals surface area contributed by atoms with Gasteiger partial charge < -0.3 is 0 Å². The Kier molecular flexibility index (Phi) is 6.21. The van der Waals surface area contributed by atoms with Gasteiger partial charge in [0.05, 0.1) is 4.88 Å². The number of carbonyl (C=O) groups excluding carboxylic acids is 3. The maximum Gasteiger partial charge on any atom is 0.238 e. The van der Waals surface area contributed by atoms with Gasteiger partial charge in [-0.25, -0.2) is 0 Å². The van der Waals surface area contributed by atoms with Gasteiger partial charge in [-0.1, -0.05) is 19.9 Å². The van der Waals surface area contributed by atoms with Gasteiger partial charge in [-0.15, -0.1) is 11.3 Å². The number of hydrogen-bond acceptors (Lipinski definition) is 4. The molecule has 1 rings (SSSR count). The Morgan fingerprint density at radius 3 is 2.42 bits per heavy atom. The first-order valence-electron chi connectivity index (χ1n) is 6.13. The second kappa shape index (κ2) is 7.68. The summed E-state index contributed by atoms with van der Waals surface area (Å²) in [7, 11) is 0. The highest BCUT2D eigenvalue weighted by atomic mass is 32.1. The van der Waals surface area contributed by atoms with E-state index in [2.05, 4.69) is 10.9 Å². The van der Waals surface area contributed by atoms with E-state index in [1.165, 1.54) is 11.3 Å². The van der Waals surface area contributed by atoms with Crippen LogP contribution < -0.4 is 10.9 Å². The highest BCUT2D eigenvalue weighted by molar-refractivity contribution is 7.12. The molecule has 0 spiro atoms. The first kappa shape index (κ1) is 15.4. The first-order chi connectivity index (χ1) is 8.99. The lowest BCUT2D eigenvalue weighted by Crippen LogP contribution is -2.42. The molecule has 1 heterocycles. The fourth-order valence-electron chi connectivity index (χ4n) is 1.41. The van der Waals surface area contributed by atoms with Crippen LogP contribution in [-0.4, -0.2) is 17.6 Å². The molecule has 5 nitrogen and oxygen atoms in total. The summed E-state index contributed by atoms with van der Waals surface area (Å²) in [5.41, 5.74) is 4.63. The molecule has 0 saturated heterocycles. The number of hydrogen-bond donors (Lipinski definition) is 2.